The van der Waals surface area contributed by atoms with Gasteiger partial charge in [-0.15, -0.1) is 23.5 Å². The van der Waals surface area contributed by atoms with Crippen molar-refractivity contribution >= 4 is 34.9 Å². The van der Waals surface area contributed by atoms with Gasteiger partial charge in [0.25, 0.3) is 0 Å². The molecule has 0 N–H and O–H groups in total. The summed E-state index contributed by atoms with van der Waals surface area (Å²) in [6, 6.07) is 0. The van der Waals surface area contributed by atoms with E-state index in [1.807, 2.05) is 37.4 Å². The lowest BCUT2D eigenvalue weighted by Crippen LogP contribution is -2.18. The lowest BCUT2D eigenvalue weighted by molar-refractivity contribution is -0.110. The molecule has 0 amide bonds. The van der Waals surface area contributed by atoms with Crippen LogP contribution in [0.1, 0.15) is 31.9 Å². The fraction of sp³-hybridized carbons (Fsp3) is 0.524. The number of oxazole rings is 1. The molecule has 7 heteroatoms. The summed E-state index contributed by atoms with van der Waals surface area (Å²) in [4.78, 5) is 17.0. The highest BCUT2D eigenvalue weighted by Gasteiger charge is 2.49. The number of ether oxygens (including phenoxy) is 2. The molecule has 0 aromatic carbocycles. The third-order valence-electron chi connectivity index (χ3n) is 5.14. The van der Waals surface area contributed by atoms with Gasteiger partial charge in [0.15, 0.2) is 5.78 Å². The first kappa shape index (κ1) is 21.3. The van der Waals surface area contributed by atoms with Crippen LogP contribution in [0, 0.1) is 12.8 Å². The lowest BCUT2D eigenvalue weighted by atomic mass is 9.91. The van der Waals surface area contributed by atoms with E-state index in [9.17, 15) is 4.79 Å². The Morgan fingerprint density at radius 3 is 2.61 bits per heavy atom. The number of nitrogens with zero attached hydrogens (tertiary/aromatic N) is 1. The molecule has 28 heavy (non-hydrogen) atoms. The predicted octanol–water partition coefficient (Wildman–Crippen LogP) is 4.68. The number of aryl methyl sites for hydroxylation is 1. The van der Waals surface area contributed by atoms with E-state index in [-0.39, 0.29) is 15.8 Å². The molecule has 2 aliphatic rings. The Morgan fingerprint density at radius 2 is 2.04 bits per heavy atom. The van der Waals surface area contributed by atoms with Crippen molar-refractivity contribution in [2.45, 2.75) is 31.3 Å². The number of carbonyl (C=O) groups excluding carboxylic acids is 1. The highest BCUT2D eigenvalue weighted by molar-refractivity contribution is 8.21. The minimum absolute atomic E-state index is 0.00604. The number of rotatable bonds is 7. The summed E-state index contributed by atoms with van der Waals surface area (Å²) < 4.78 is 16.7. The Bertz CT molecular complexity index is 831. The summed E-state index contributed by atoms with van der Waals surface area (Å²) in [5, 5.41) is 0. The quantitative estimate of drug-likeness (QED) is 0.592. The molecule has 1 saturated heterocycles. The standard InChI is InChI=1S/C21H27NO4S2/c1-6-7-16(23)10-15(12-24-4)17-11-21(27-8-9-28-21)13(2)18(17)19-22-14(3)20(25-5)26-19/h6-7,10,17H,8-9,11-12H2,1-5H3/b7-6-,15-10+. The number of hydrogen-bond acceptors (Lipinski definition) is 7. The molecule has 152 valence electrons. The maximum atomic E-state index is 12.3. The summed E-state index contributed by atoms with van der Waals surface area (Å²) in [6.07, 6.45) is 5.95. The minimum Gasteiger partial charge on any atom is -0.467 e. The number of ketones is 1. The van der Waals surface area contributed by atoms with Gasteiger partial charge in [-0.1, -0.05) is 6.08 Å². The van der Waals surface area contributed by atoms with E-state index in [4.69, 9.17) is 13.9 Å². The lowest BCUT2D eigenvalue weighted by Gasteiger charge is -2.24. The molecule has 1 spiro atoms. The molecule has 0 saturated carbocycles. The fourth-order valence-electron chi connectivity index (χ4n) is 3.90. The van der Waals surface area contributed by atoms with Crippen LogP contribution in [0.3, 0.4) is 0 Å². The van der Waals surface area contributed by atoms with E-state index in [1.165, 1.54) is 5.57 Å². The number of methoxy groups -OCH3 is 2. The SMILES string of the molecule is C/C=C\C(=O)/C=C(\COC)C1CC2(SCCS2)C(C)=C1c1nc(C)c(OC)o1. The van der Waals surface area contributed by atoms with Gasteiger partial charge in [-0.25, -0.2) is 4.98 Å². The van der Waals surface area contributed by atoms with Crippen LogP contribution in [-0.2, 0) is 9.53 Å². The van der Waals surface area contributed by atoms with Gasteiger partial charge in [0.1, 0.15) is 5.69 Å². The van der Waals surface area contributed by atoms with Crippen molar-refractivity contribution in [1.29, 1.82) is 0 Å². The van der Waals surface area contributed by atoms with Gasteiger partial charge < -0.3 is 13.9 Å². The second-order valence-corrected chi connectivity index (χ2v) is 9.94. The first-order chi connectivity index (χ1) is 13.5. The molecule has 1 unspecified atom stereocenters. The fourth-order valence-corrected chi connectivity index (χ4v) is 7.28. The first-order valence-electron chi connectivity index (χ1n) is 9.32. The normalized spacial score (nSPS) is 22.0. The van der Waals surface area contributed by atoms with Crippen LogP contribution >= 0.6 is 23.5 Å². The van der Waals surface area contributed by atoms with Crippen molar-refractivity contribution in [3.05, 3.63) is 41.0 Å². The molecule has 3 rings (SSSR count). The van der Waals surface area contributed by atoms with Crippen LogP contribution < -0.4 is 4.74 Å². The molecule has 0 radical (unpaired) electrons. The van der Waals surface area contributed by atoms with Gasteiger partial charge in [-0.3, -0.25) is 4.79 Å². The number of aromatic nitrogens is 1. The van der Waals surface area contributed by atoms with Crippen LogP contribution in [0.5, 0.6) is 5.95 Å². The van der Waals surface area contributed by atoms with Crippen molar-refractivity contribution in [1.82, 2.24) is 4.98 Å². The van der Waals surface area contributed by atoms with Crippen LogP contribution in [0.4, 0.5) is 0 Å². The van der Waals surface area contributed by atoms with Crippen LogP contribution in [0.2, 0.25) is 0 Å². The van der Waals surface area contributed by atoms with Crippen molar-refractivity contribution in [2.24, 2.45) is 5.92 Å². The zero-order valence-corrected chi connectivity index (χ0v) is 18.7. The summed E-state index contributed by atoms with van der Waals surface area (Å²) in [7, 11) is 3.24. The molecule has 1 atom stereocenters. The van der Waals surface area contributed by atoms with Gasteiger partial charge in [0, 0.05) is 30.1 Å². The topological polar surface area (TPSA) is 61.6 Å². The molecule has 0 bridgehead atoms. The second kappa shape index (κ2) is 8.93. The Kier molecular flexibility index (Phi) is 6.78. The third-order valence-corrected chi connectivity index (χ3v) is 8.80. The Balaban J connectivity index is 2.10. The molecular formula is C21H27NO4S2. The van der Waals surface area contributed by atoms with Crippen LogP contribution in [0.15, 0.2) is 33.8 Å². The Labute approximate surface area is 175 Å². The molecular weight excluding hydrogens is 394 g/mol. The average molecular weight is 422 g/mol. The van der Waals surface area contributed by atoms with Gasteiger partial charge in [-0.2, -0.15) is 0 Å². The van der Waals surface area contributed by atoms with Crippen molar-refractivity contribution < 1.29 is 18.7 Å². The van der Waals surface area contributed by atoms with Crippen molar-refractivity contribution in [3.63, 3.8) is 0 Å². The molecule has 1 aliphatic carbocycles. The highest BCUT2D eigenvalue weighted by Crippen LogP contribution is 2.61. The minimum atomic E-state index is -0.0274. The first-order valence-corrected chi connectivity index (χ1v) is 11.3. The number of allylic oxidation sites excluding steroid dienone is 4. The van der Waals surface area contributed by atoms with E-state index in [2.05, 4.69) is 11.9 Å². The molecule has 1 aliphatic heterocycles. The van der Waals surface area contributed by atoms with E-state index >= 15 is 0 Å². The zero-order valence-electron chi connectivity index (χ0n) is 17.0. The van der Waals surface area contributed by atoms with Gasteiger partial charge in [-0.05, 0) is 50.5 Å². The maximum Gasteiger partial charge on any atom is 0.308 e. The summed E-state index contributed by atoms with van der Waals surface area (Å²) in [5.74, 6) is 3.26. The van der Waals surface area contributed by atoms with E-state index < -0.39 is 0 Å². The van der Waals surface area contributed by atoms with Crippen LogP contribution in [0.25, 0.3) is 5.57 Å². The zero-order chi connectivity index (χ0) is 20.3. The third kappa shape index (κ3) is 3.98. The van der Waals surface area contributed by atoms with E-state index in [1.54, 1.807) is 32.4 Å². The molecule has 1 aromatic heterocycles. The molecule has 5 nitrogen and oxygen atoms in total. The highest BCUT2D eigenvalue weighted by atomic mass is 32.2. The van der Waals surface area contributed by atoms with Gasteiger partial charge in [0.05, 0.1) is 17.8 Å². The Morgan fingerprint density at radius 1 is 1.32 bits per heavy atom. The molecule has 2 heterocycles. The monoisotopic (exact) mass is 421 g/mol. The predicted molar refractivity (Wildman–Crippen MR) is 116 cm³/mol. The van der Waals surface area contributed by atoms with Crippen LogP contribution in [-0.4, -0.2) is 47.2 Å². The van der Waals surface area contributed by atoms with Gasteiger partial charge >= 0.3 is 5.95 Å². The Hall–Kier alpha value is -1.44. The number of thioether (sulfide) groups is 2. The number of hydrogen-bond donors (Lipinski definition) is 0. The van der Waals surface area contributed by atoms with E-state index in [0.717, 1.165) is 34.8 Å². The summed E-state index contributed by atoms with van der Waals surface area (Å²) >= 11 is 3.96. The molecule has 1 aromatic rings. The average Bonchev–Trinajstić information content (AvgIpc) is 3.34. The molecule has 1 fully saturated rings. The van der Waals surface area contributed by atoms with Gasteiger partial charge in [0.2, 0.25) is 5.89 Å². The summed E-state index contributed by atoms with van der Waals surface area (Å²) in [5.41, 5.74) is 4.02. The smallest absolute Gasteiger partial charge is 0.308 e. The van der Waals surface area contributed by atoms with E-state index in [0.29, 0.717) is 18.4 Å². The number of carbonyl (C=O) groups is 1. The van der Waals surface area contributed by atoms with Crippen molar-refractivity contribution in [2.75, 3.05) is 32.3 Å². The largest absolute Gasteiger partial charge is 0.467 e. The maximum absolute atomic E-state index is 12.3. The summed E-state index contributed by atoms with van der Waals surface area (Å²) in [6.45, 7) is 6.29. The second-order valence-electron chi connectivity index (χ2n) is 6.90. The van der Waals surface area contributed by atoms with Crippen molar-refractivity contribution in [3.8, 4) is 5.95 Å².